The first-order chi connectivity index (χ1) is 15.6. The van der Waals surface area contributed by atoms with Gasteiger partial charge in [-0.2, -0.15) is 0 Å². The first-order valence-corrected chi connectivity index (χ1v) is 9.49. The van der Waals surface area contributed by atoms with Crippen molar-refractivity contribution in [2.75, 3.05) is 0 Å². The number of hydrogen-bond donors (Lipinski definition) is 7. The van der Waals surface area contributed by atoms with Gasteiger partial charge in [-0.3, -0.25) is 4.79 Å². The minimum Gasteiger partial charge on any atom is -0.508 e. The van der Waals surface area contributed by atoms with Gasteiger partial charge in [0.05, 0.1) is 0 Å². The second-order valence-corrected chi connectivity index (χ2v) is 7.35. The van der Waals surface area contributed by atoms with E-state index in [1.54, 1.807) is 0 Å². The third-order valence-corrected chi connectivity index (χ3v) is 5.10. The molecule has 0 spiro atoms. The maximum absolute atomic E-state index is 12.8. The quantitative estimate of drug-likeness (QED) is 0.253. The Bertz CT molecular complexity index is 1280. The Hall–Kier alpha value is -3.84. The third kappa shape index (κ3) is 4.03. The maximum Gasteiger partial charge on any atom is 0.335 e. The number of hydrogen-bond acceptors (Lipinski definition) is 11. The highest BCUT2D eigenvalue weighted by Gasteiger charge is 2.48. The fourth-order valence-electron chi connectivity index (χ4n) is 3.42. The SMILES string of the molecule is O=C(O)[C@@H]1O[C@@H](Oc2cc(O)cc3oc(-c4ccc(O)c(O)c4)cc(=O)c23)[C@@H](O)[C@H](O)[C@H]1O. The van der Waals surface area contributed by atoms with E-state index in [2.05, 4.69) is 0 Å². The summed E-state index contributed by atoms with van der Waals surface area (Å²) in [5, 5.41) is 68.1. The molecule has 0 saturated carbocycles. The van der Waals surface area contributed by atoms with Crippen molar-refractivity contribution in [1.29, 1.82) is 0 Å². The summed E-state index contributed by atoms with van der Waals surface area (Å²) in [6, 6.07) is 6.87. The van der Waals surface area contributed by atoms with E-state index in [9.17, 15) is 40.2 Å². The molecule has 1 saturated heterocycles. The number of carbonyl (C=O) groups is 1. The average molecular weight is 462 g/mol. The molecule has 2 heterocycles. The van der Waals surface area contributed by atoms with Crippen LogP contribution >= 0.6 is 0 Å². The predicted molar refractivity (Wildman–Crippen MR) is 108 cm³/mol. The van der Waals surface area contributed by atoms with Gasteiger partial charge in [0.25, 0.3) is 0 Å². The lowest BCUT2D eigenvalue weighted by Crippen LogP contribution is -2.61. The molecule has 1 aliphatic rings. The van der Waals surface area contributed by atoms with Crippen LogP contribution in [0.2, 0.25) is 0 Å². The van der Waals surface area contributed by atoms with E-state index in [1.807, 2.05) is 0 Å². The normalized spacial score (nSPS) is 25.1. The molecule has 1 aromatic heterocycles. The molecule has 0 radical (unpaired) electrons. The minimum atomic E-state index is -1.94. The second-order valence-electron chi connectivity index (χ2n) is 7.35. The van der Waals surface area contributed by atoms with Gasteiger partial charge in [0, 0.05) is 23.8 Å². The van der Waals surface area contributed by atoms with Gasteiger partial charge in [-0.1, -0.05) is 0 Å². The summed E-state index contributed by atoms with van der Waals surface area (Å²) in [6.45, 7) is 0. The number of phenols is 3. The number of aliphatic hydroxyl groups is 3. The van der Waals surface area contributed by atoms with E-state index < -0.39 is 53.6 Å². The van der Waals surface area contributed by atoms with Gasteiger partial charge in [0.15, 0.2) is 23.0 Å². The number of rotatable bonds is 4. The van der Waals surface area contributed by atoms with Crippen molar-refractivity contribution in [2.24, 2.45) is 0 Å². The number of aromatic hydroxyl groups is 3. The van der Waals surface area contributed by atoms with E-state index in [0.29, 0.717) is 0 Å². The highest BCUT2D eigenvalue weighted by Crippen LogP contribution is 2.35. The lowest BCUT2D eigenvalue weighted by Gasteiger charge is -2.38. The van der Waals surface area contributed by atoms with Gasteiger partial charge in [-0.25, -0.2) is 4.79 Å². The Morgan fingerprint density at radius 2 is 1.64 bits per heavy atom. The Balaban J connectivity index is 1.76. The molecule has 12 nitrogen and oxygen atoms in total. The van der Waals surface area contributed by atoms with Crippen LogP contribution in [0, 0.1) is 0 Å². The van der Waals surface area contributed by atoms with Gasteiger partial charge < -0.3 is 49.6 Å². The van der Waals surface area contributed by atoms with Gasteiger partial charge in [0.1, 0.15) is 46.5 Å². The second kappa shape index (κ2) is 8.26. The highest BCUT2D eigenvalue weighted by atomic mass is 16.7. The molecular formula is C21H18O12. The number of carboxylic acids is 1. The smallest absolute Gasteiger partial charge is 0.335 e. The van der Waals surface area contributed by atoms with E-state index >= 15 is 0 Å². The molecule has 0 unspecified atom stereocenters. The molecule has 33 heavy (non-hydrogen) atoms. The van der Waals surface area contributed by atoms with Crippen LogP contribution in [0.25, 0.3) is 22.3 Å². The Morgan fingerprint density at radius 3 is 2.30 bits per heavy atom. The van der Waals surface area contributed by atoms with Crippen molar-refractivity contribution in [2.45, 2.75) is 30.7 Å². The van der Waals surface area contributed by atoms with Crippen LogP contribution in [0.3, 0.4) is 0 Å². The first-order valence-electron chi connectivity index (χ1n) is 9.49. The number of benzene rings is 2. The van der Waals surface area contributed by atoms with Crippen LogP contribution in [0.1, 0.15) is 0 Å². The van der Waals surface area contributed by atoms with Crippen molar-refractivity contribution in [3.8, 4) is 34.3 Å². The fraction of sp³-hybridized carbons (Fsp3) is 0.238. The first kappa shape index (κ1) is 22.4. The number of ether oxygens (including phenoxy) is 2. The number of aliphatic carboxylic acids is 1. The lowest BCUT2D eigenvalue weighted by atomic mass is 9.99. The molecule has 7 N–H and O–H groups in total. The van der Waals surface area contributed by atoms with Crippen molar-refractivity contribution < 1.29 is 54.4 Å². The molecule has 3 aromatic rings. The molecular weight excluding hydrogens is 444 g/mol. The van der Waals surface area contributed by atoms with E-state index in [1.165, 1.54) is 12.1 Å². The molecule has 4 rings (SSSR count). The largest absolute Gasteiger partial charge is 0.508 e. The lowest BCUT2D eigenvalue weighted by molar-refractivity contribution is -0.270. The molecule has 0 amide bonds. The number of fused-ring (bicyclic) bond motifs is 1. The Kier molecular flexibility index (Phi) is 5.59. The van der Waals surface area contributed by atoms with Crippen LogP contribution in [-0.2, 0) is 9.53 Å². The molecule has 174 valence electrons. The third-order valence-electron chi connectivity index (χ3n) is 5.10. The summed E-state index contributed by atoms with van der Waals surface area (Å²) < 4.78 is 16.1. The van der Waals surface area contributed by atoms with Gasteiger partial charge in [-0.15, -0.1) is 0 Å². The molecule has 1 aliphatic heterocycles. The van der Waals surface area contributed by atoms with E-state index in [0.717, 1.165) is 24.3 Å². The summed E-state index contributed by atoms with van der Waals surface area (Å²) in [7, 11) is 0. The van der Waals surface area contributed by atoms with Crippen LogP contribution in [0.15, 0.2) is 45.6 Å². The molecule has 0 aliphatic carbocycles. The zero-order valence-electron chi connectivity index (χ0n) is 16.5. The Morgan fingerprint density at radius 1 is 0.909 bits per heavy atom. The molecule has 0 bridgehead atoms. The molecule has 2 aromatic carbocycles. The van der Waals surface area contributed by atoms with E-state index in [-0.39, 0.29) is 33.8 Å². The van der Waals surface area contributed by atoms with Crippen LogP contribution < -0.4 is 10.2 Å². The zero-order chi connectivity index (χ0) is 24.0. The average Bonchev–Trinajstić information content (AvgIpc) is 2.75. The zero-order valence-corrected chi connectivity index (χ0v) is 16.5. The standard InChI is InChI=1S/C21H18O12/c22-8-4-13-15(11(25)6-12(31-13)7-1-2-9(23)10(24)3-7)14(5-8)32-21-18(28)16(26)17(27)19(33-21)20(29)30/h1-6,16-19,21-24,26-28H,(H,29,30)/t16-,17-,18+,19-,21-/m1/s1. The number of phenolic OH excluding ortho intramolecular Hbond substituents is 3. The van der Waals surface area contributed by atoms with Crippen LogP contribution in [0.4, 0.5) is 0 Å². The molecule has 1 fully saturated rings. The van der Waals surface area contributed by atoms with E-state index in [4.69, 9.17) is 19.0 Å². The predicted octanol–water partition coefficient (Wildman–Crippen LogP) is -0.152. The van der Waals surface area contributed by atoms with Gasteiger partial charge in [-0.05, 0) is 18.2 Å². The monoisotopic (exact) mass is 462 g/mol. The van der Waals surface area contributed by atoms with Crippen molar-refractivity contribution in [3.05, 3.63) is 46.6 Å². The molecule has 5 atom stereocenters. The minimum absolute atomic E-state index is 0.0159. The highest BCUT2D eigenvalue weighted by molar-refractivity contribution is 5.86. The maximum atomic E-state index is 12.8. The van der Waals surface area contributed by atoms with Crippen LogP contribution in [0.5, 0.6) is 23.0 Å². The van der Waals surface area contributed by atoms with Crippen molar-refractivity contribution in [3.63, 3.8) is 0 Å². The molecule has 12 heteroatoms. The van der Waals surface area contributed by atoms with Crippen molar-refractivity contribution >= 4 is 16.9 Å². The summed E-state index contributed by atoms with van der Waals surface area (Å²) >= 11 is 0. The number of carboxylic acid groups (broad SMARTS) is 1. The van der Waals surface area contributed by atoms with Gasteiger partial charge >= 0.3 is 5.97 Å². The topological polar surface area (TPSA) is 207 Å². The number of aliphatic hydroxyl groups excluding tert-OH is 3. The summed E-state index contributed by atoms with van der Waals surface area (Å²) in [4.78, 5) is 24.1. The summed E-state index contributed by atoms with van der Waals surface area (Å²) in [6.07, 6.45) is -9.50. The fourth-order valence-corrected chi connectivity index (χ4v) is 3.42. The Labute approximate surface area is 183 Å². The van der Waals surface area contributed by atoms with Gasteiger partial charge in [0.2, 0.25) is 6.29 Å². The van der Waals surface area contributed by atoms with Crippen LogP contribution in [-0.4, -0.2) is 72.4 Å². The van der Waals surface area contributed by atoms with Crippen molar-refractivity contribution in [1.82, 2.24) is 0 Å². The summed E-state index contributed by atoms with van der Waals surface area (Å²) in [5.41, 5.74) is -0.599. The summed E-state index contributed by atoms with van der Waals surface area (Å²) in [5.74, 6) is -3.25.